The van der Waals surface area contributed by atoms with E-state index >= 15 is 0 Å². The zero-order valence-electron chi connectivity index (χ0n) is 13.5. The normalized spacial score (nSPS) is 17.7. The Balaban J connectivity index is 1.57. The maximum absolute atomic E-state index is 5.50. The van der Waals surface area contributed by atoms with Crippen molar-refractivity contribution in [2.24, 2.45) is 0 Å². The van der Waals surface area contributed by atoms with Crippen LogP contribution in [0.4, 0.5) is 11.6 Å². The molecule has 1 N–H and O–H groups in total. The van der Waals surface area contributed by atoms with Gasteiger partial charge in [-0.1, -0.05) is 0 Å². The van der Waals surface area contributed by atoms with E-state index in [1.54, 1.807) is 6.33 Å². The lowest BCUT2D eigenvalue weighted by atomic mass is 10.1. The van der Waals surface area contributed by atoms with Crippen LogP contribution in [-0.2, 0) is 11.2 Å². The molecule has 6 nitrogen and oxygen atoms in total. The molecular formula is C17H23N5O. The summed E-state index contributed by atoms with van der Waals surface area (Å²) in [6, 6.07) is 6.43. The molecule has 1 atom stereocenters. The minimum absolute atomic E-state index is 0.341. The third-order valence-corrected chi connectivity index (χ3v) is 4.04. The highest BCUT2D eigenvalue weighted by Crippen LogP contribution is 2.16. The minimum Gasteiger partial charge on any atom is -0.379 e. The van der Waals surface area contributed by atoms with Crippen molar-refractivity contribution in [1.82, 2.24) is 15.0 Å². The molecule has 1 fully saturated rings. The van der Waals surface area contributed by atoms with Crippen LogP contribution in [-0.4, -0.2) is 47.8 Å². The molecule has 1 aliphatic heterocycles. The summed E-state index contributed by atoms with van der Waals surface area (Å²) in [6.45, 7) is 2.51. The Labute approximate surface area is 136 Å². The van der Waals surface area contributed by atoms with Crippen LogP contribution < -0.4 is 10.2 Å². The third-order valence-electron chi connectivity index (χ3n) is 4.04. The quantitative estimate of drug-likeness (QED) is 0.881. The number of pyridine rings is 1. The van der Waals surface area contributed by atoms with E-state index in [2.05, 4.69) is 32.2 Å². The molecule has 23 heavy (non-hydrogen) atoms. The standard InChI is InChI=1S/C17H23N5O/c1-22(9-6-14-4-7-18-8-5-14)17-11-16(19-13-20-17)21-15-3-2-10-23-12-15/h4-5,7-8,11,13,15H,2-3,6,9-10,12H2,1H3,(H,19,20,21)/t15-/m0/s1. The maximum Gasteiger partial charge on any atom is 0.133 e. The van der Waals surface area contributed by atoms with Crippen LogP contribution in [0, 0.1) is 0 Å². The Bertz CT molecular complexity index is 601. The lowest BCUT2D eigenvalue weighted by Gasteiger charge is -2.24. The highest BCUT2D eigenvalue weighted by molar-refractivity contribution is 5.48. The smallest absolute Gasteiger partial charge is 0.133 e. The van der Waals surface area contributed by atoms with E-state index in [0.717, 1.165) is 50.7 Å². The summed E-state index contributed by atoms with van der Waals surface area (Å²) in [4.78, 5) is 14.9. The van der Waals surface area contributed by atoms with Crippen molar-refractivity contribution in [1.29, 1.82) is 0 Å². The van der Waals surface area contributed by atoms with E-state index in [1.807, 2.05) is 30.6 Å². The number of aromatic nitrogens is 3. The van der Waals surface area contributed by atoms with Crippen molar-refractivity contribution in [2.75, 3.05) is 37.0 Å². The predicted molar refractivity (Wildman–Crippen MR) is 90.7 cm³/mol. The van der Waals surface area contributed by atoms with Gasteiger partial charge in [0.2, 0.25) is 0 Å². The van der Waals surface area contributed by atoms with Crippen molar-refractivity contribution >= 4 is 11.6 Å². The Kier molecular flexibility index (Phi) is 5.37. The molecule has 0 saturated carbocycles. The molecular weight excluding hydrogens is 290 g/mol. The van der Waals surface area contributed by atoms with Gasteiger partial charge in [-0.2, -0.15) is 0 Å². The summed E-state index contributed by atoms with van der Waals surface area (Å²) in [5.74, 6) is 1.79. The van der Waals surface area contributed by atoms with Crippen LogP contribution in [0.5, 0.6) is 0 Å². The van der Waals surface area contributed by atoms with Gasteiger partial charge in [-0.15, -0.1) is 0 Å². The number of anilines is 2. The summed E-state index contributed by atoms with van der Waals surface area (Å²) < 4.78 is 5.50. The average molecular weight is 313 g/mol. The number of likely N-dealkylation sites (N-methyl/N-ethyl adjacent to an activating group) is 1. The van der Waals surface area contributed by atoms with Crippen LogP contribution in [0.15, 0.2) is 36.9 Å². The zero-order chi connectivity index (χ0) is 15.9. The highest BCUT2D eigenvalue weighted by atomic mass is 16.5. The molecule has 0 bridgehead atoms. The van der Waals surface area contributed by atoms with Crippen molar-refractivity contribution in [3.8, 4) is 0 Å². The van der Waals surface area contributed by atoms with E-state index in [1.165, 1.54) is 5.56 Å². The fraction of sp³-hybridized carbons (Fsp3) is 0.471. The third kappa shape index (κ3) is 4.63. The molecule has 0 unspecified atom stereocenters. The topological polar surface area (TPSA) is 63.2 Å². The second-order valence-electron chi connectivity index (χ2n) is 5.85. The Morgan fingerprint density at radius 2 is 2.17 bits per heavy atom. The second-order valence-corrected chi connectivity index (χ2v) is 5.85. The fourth-order valence-corrected chi connectivity index (χ4v) is 2.66. The van der Waals surface area contributed by atoms with Crippen LogP contribution in [0.1, 0.15) is 18.4 Å². The van der Waals surface area contributed by atoms with Gasteiger partial charge in [0.25, 0.3) is 0 Å². The number of nitrogens with one attached hydrogen (secondary N) is 1. The van der Waals surface area contributed by atoms with Gasteiger partial charge in [0, 0.05) is 38.7 Å². The predicted octanol–water partition coefficient (Wildman–Crippen LogP) is 2.14. The molecule has 6 heteroatoms. The first-order valence-corrected chi connectivity index (χ1v) is 8.07. The van der Waals surface area contributed by atoms with Crippen LogP contribution in [0.25, 0.3) is 0 Å². The number of ether oxygens (including phenoxy) is 1. The van der Waals surface area contributed by atoms with Crippen LogP contribution in [0.2, 0.25) is 0 Å². The van der Waals surface area contributed by atoms with Gasteiger partial charge in [-0.3, -0.25) is 4.98 Å². The Morgan fingerprint density at radius 3 is 2.96 bits per heavy atom. The maximum atomic E-state index is 5.50. The zero-order valence-corrected chi connectivity index (χ0v) is 13.5. The SMILES string of the molecule is CN(CCc1ccncc1)c1cc(N[C@H]2CCCOC2)ncn1. The van der Waals surface area contributed by atoms with E-state index in [-0.39, 0.29) is 0 Å². The molecule has 3 heterocycles. The molecule has 1 saturated heterocycles. The molecule has 0 aromatic carbocycles. The van der Waals surface area contributed by atoms with Crippen molar-refractivity contribution in [3.63, 3.8) is 0 Å². The van der Waals surface area contributed by atoms with Crippen molar-refractivity contribution < 1.29 is 4.74 Å². The summed E-state index contributed by atoms with van der Waals surface area (Å²) in [5, 5.41) is 3.44. The largest absolute Gasteiger partial charge is 0.379 e. The molecule has 0 spiro atoms. The molecule has 0 aliphatic carbocycles. The Morgan fingerprint density at radius 1 is 1.30 bits per heavy atom. The molecule has 122 valence electrons. The number of hydrogen-bond donors (Lipinski definition) is 1. The van der Waals surface area contributed by atoms with Crippen molar-refractivity contribution in [2.45, 2.75) is 25.3 Å². The number of hydrogen-bond acceptors (Lipinski definition) is 6. The lowest BCUT2D eigenvalue weighted by molar-refractivity contribution is 0.0875. The van der Waals surface area contributed by atoms with Crippen LogP contribution in [0.3, 0.4) is 0 Å². The minimum atomic E-state index is 0.341. The molecule has 1 aliphatic rings. The molecule has 2 aromatic rings. The first-order valence-electron chi connectivity index (χ1n) is 8.07. The van der Waals surface area contributed by atoms with Gasteiger partial charge in [0.05, 0.1) is 12.6 Å². The number of nitrogens with zero attached hydrogens (tertiary/aromatic N) is 4. The Hall–Kier alpha value is -2.21. The van der Waals surface area contributed by atoms with Gasteiger partial charge in [-0.05, 0) is 37.0 Å². The van der Waals surface area contributed by atoms with E-state index in [9.17, 15) is 0 Å². The number of rotatable bonds is 6. The van der Waals surface area contributed by atoms with Gasteiger partial charge in [0.1, 0.15) is 18.0 Å². The van der Waals surface area contributed by atoms with Crippen molar-refractivity contribution in [3.05, 3.63) is 42.5 Å². The first-order chi connectivity index (χ1) is 11.3. The molecule has 0 amide bonds. The summed E-state index contributed by atoms with van der Waals surface area (Å²) in [5.41, 5.74) is 1.28. The van der Waals surface area contributed by atoms with Gasteiger partial charge >= 0.3 is 0 Å². The fourth-order valence-electron chi connectivity index (χ4n) is 2.66. The van der Waals surface area contributed by atoms with Gasteiger partial charge < -0.3 is 15.0 Å². The van der Waals surface area contributed by atoms with Gasteiger partial charge in [0.15, 0.2) is 0 Å². The summed E-state index contributed by atoms with van der Waals surface area (Å²) in [6.07, 6.45) is 8.45. The van der Waals surface area contributed by atoms with E-state index in [0.29, 0.717) is 6.04 Å². The monoisotopic (exact) mass is 313 g/mol. The van der Waals surface area contributed by atoms with E-state index in [4.69, 9.17) is 4.74 Å². The summed E-state index contributed by atoms with van der Waals surface area (Å²) in [7, 11) is 2.05. The summed E-state index contributed by atoms with van der Waals surface area (Å²) >= 11 is 0. The van der Waals surface area contributed by atoms with Gasteiger partial charge in [-0.25, -0.2) is 9.97 Å². The highest BCUT2D eigenvalue weighted by Gasteiger charge is 2.14. The van der Waals surface area contributed by atoms with Crippen LogP contribution >= 0.6 is 0 Å². The first kappa shape index (κ1) is 15.7. The molecule has 2 aromatic heterocycles. The average Bonchev–Trinajstić information content (AvgIpc) is 2.62. The second kappa shape index (κ2) is 7.87. The lowest BCUT2D eigenvalue weighted by Crippen LogP contribution is -2.30. The molecule has 0 radical (unpaired) electrons. The molecule has 3 rings (SSSR count). The van der Waals surface area contributed by atoms with E-state index < -0.39 is 0 Å².